The van der Waals surface area contributed by atoms with Crippen LogP contribution in [-0.4, -0.2) is 31.6 Å². The number of pyridine rings is 1. The van der Waals surface area contributed by atoms with Crippen molar-refractivity contribution >= 4 is 22.8 Å². The molecule has 3 rings (SSSR count). The number of aromatic nitrogens is 4. The van der Waals surface area contributed by atoms with Crippen molar-refractivity contribution < 1.29 is 9.59 Å². The number of hydrazine groups is 1. The molecule has 124 valence electrons. The van der Waals surface area contributed by atoms with E-state index in [9.17, 15) is 9.59 Å². The van der Waals surface area contributed by atoms with E-state index in [-0.39, 0.29) is 6.04 Å². The summed E-state index contributed by atoms with van der Waals surface area (Å²) in [7, 11) is 0. The van der Waals surface area contributed by atoms with Gasteiger partial charge >= 0.3 is 0 Å². The van der Waals surface area contributed by atoms with Crippen LogP contribution < -0.4 is 10.9 Å². The fourth-order valence-electron chi connectivity index (χ4n) is 2.39. The third-order valence-electron chi connectivity index (χ3n) is 3.63. The Bertz CT molecular complexity index is 895. The summed E-state index contributed by atoms with van der Waals surface area (Å²) in [6, 6.07) is 5.21. The highest BCUT2D eigenvalue weighted by Crippen LogP contribution is 2.19. The van der Waals surface area contributed by atoms with Crippen molar-refractivity contribution in [3.05, 3.63) is 47.5 Å². The van der Waals surface area contributed by atoms with Crippen LogP contribution >= 0.6 is 0 Å². The molecule has 0 saturated heterocycles. The van der Waals surface area contributed by atoms with Crippen molar-refractivity contribution in [2.45, 2.75) is 26.8 Å². The highest BCUT2D eigenvalue weighted by atomic mass is 16.2. The van der Waals surface area contributed by atoms with Gasteiger partial charge < -0.3 is 4.98 Å². The molecule has 0 aliphatic rings. The topological polar surface area (TPSA) is 105 Å². The molecule has 0 aromatic carbocycles. The number of H-pyrrole nitrogens is 1. The molecule has 0 fully saturated rings. The first kappa shape index (κ1) is 15.7. The molecule has 0 radical (unpaired) electrons. The third kappa shape index (κ3) is 2.85. The Kier molecular flexibility index (Phi) is 4.03. The number of nitrogens with one attached hydrogen (secondary N) is 3. The summed E-state index contributed by atoms with van der Waals surface area (Å²) in [5.74, 6) is -0.855. The fourth-order valence-corrected chi connectivity index (χ4v) is 2.39. The van der Waals surface area contributed by atoms with Gasteiger partial charge in [-0.25, -0.2) is 9.67 Å². The summed E-state index contributed by atoms with van der Waals surface area (Å²) in [6.07, 6.45) is 3.31. The number of aryl methyl sites for hydroxylation is 1. The summed E-state index contributed by atoms with van der Waals surface area (Å²) in [5.41, 5.74) is 6.80. The van der Waals surface area contributed by atoms with E-state index in [0.717, 1.165) is 11.0 Å². The van der Waals surface area contributed by atoms with Crippen molar-refractivity contribution in [2.75, 3.05) is 0 Å². The van der Waals surface area contributed by atoms with Gasteiger partial charge in [-0.2, -0.15) is 5.10 Å². The van der Waals surface area contributed by atoms with E-state index in [1.54, 1.807) is 42.2 Å². The Morgan fingerprint density at radius 3 is 2.67 bits per heavy atom. The summed E-state index contributed by atoms with van der Waals surface area (Å²) >= 11 is 0. The first-order chi connectivity index (χ1) is 11.5. The highest BCUT2D eigenvalue weighted by molar-refractivity contribution is 6.00. The van der Waals surface area contributed by atoms with Crippen molar-refractivity contribution in [3.63, 3.8) is 0 Å². The minimum Gasteiger partial charge on any atom is -0.357 e. The van der Waals surface area contributed by atoms with Gasteiger partial charge in [-0.15, -0.1) is 0 Å². The monoisotopic (exact) mass is 326 g/mol. The van der Waals surface area contributed by atoms with Crippen LogP contribution in [0.5, 0.6) is 0 Å². The second-order valence-electron chi connectivity index (χ2n) is 5.71. The maximum absolute atomic E-state index is 12.3. The second-order valence-corrected chi connectivity index (χ2v) is 5.71. The SMILES string of the molecule is Cc1nc2c(cnn2C(C)C)cc1C(=O)NNC(=O)c1ccc[nH]1. The number of aromatic amines is 1. The molecule has 3 N–H and O–H groups in total. The van der Waals surface area contributed by atoms with E-state index >= 15 is 0 Å². The van der Waals surface area contributed by atoms with Gasteiger partial charge in [-0.1, -0.05) is 0 Å². The lowest BCUT2D eigenvalue weighted by molar-refractivity contribution is 0.0844. The normalized spacial score (nSPS) is 11.0. The van der Waals surface area contributed by atoms with Crippen LogP contribution in [0.25, 0.3) is 11.0 Å². The number of nitrogens with zero attached hydrogens (tertiary/aromatic N) is 3. The fraction of sp³-hybridized carbons (Fsp3) is 0.250. The largest absolute Gasteiger partial charge is 0.357 e. The molecule has 3 aromatic heterocycles. The summed E-state index contributed by atoms with van der Waals surface area (Å²) in [5, 5.41) is 5.07. The number of carbonyl (C=O) groups is 2. The van der Waals surface area contributed by atoms with Crippen LogP contribution in [0.3, 0.4) is 0 Å². The molecule has 2 amide bonds. The van der Waals surface area contributed by atoms with Gasteiger partial charge in [0.1, 0.15) is 5.69 Å². The van der Waals surface area contributed by atoms with Gasteiger partial charge in [0.2, 0.25) is 0 Å². The molecule has 3 aromatic rings. The lowest BCUT2D eigenvalue weighted by atomic mass is 10.1. The van der Waals surface area contributed by atoms with Gasteiger partial charge in [-0.3, -0.25) is 20.4 Å². The molecule has 0 saturated carbocycles. The van der Waals surface area contributed by atoms with Crippen LogP contribution in [0.15, 0.2) is 30.6 Å². The Labute approximate surface area is 138 Å². The summed E-state index contributed by atoms with van der Waals surface area (Å²) < 4.78 is 1.80. The summed E-state index contributed by atoms with van der Waals surface area (Å²) in [4.78, 5) is 31.4. The molecular formula is C16H18N6O2. The number of carbonyl (C=O) groups excluding carboxylic acids is 2. The van der Waals surface area contributed by atoms with Crippen molar-refractivity contribution in [1.29, 1.82) is 0 Å². The average Bonchev–Trinajstić information content (AvgIpc) is 3.20. The molecule has 8 nitrogen and oxygen atoms in total. The molecule has 24 heavy (non-hydrogen) atoms. The molecule has 0 atom stereocenters. The number of fused-ring (bicyclic) bond motifs is 1. The van der Waals surface area contributed by atoms with Crippen LogP contribution in [0.2, 0.25) is 0 Å². The van der Waals surface area contributed by atoms with E-state index in [2.05, 4.69) is 25.9 Å². The maximum Gasteiger partial charge on any atom is 0.286 e. The zero-order chi connectivity index (χ0) is 17.3. The second kappa shape index (κ2) is 6.15. The van der Waals surface area contributed by atoms with Gasteiger partial charge in [-0.05, 0) is 39.0 Å². The van der Waals surface area contributed by atoms with E-state index in [1.807, 2.05) is 13.8 Å². The Morgan fingerprint density at radius 1 is 1.25 bits per heavy atom. The van der Waals surface area contributed by atoms with E-state index < -0.39 is 11.8 Å². The molecule has 0 spiro atoms. The predicted molar refractivity (Wildman–Crippen MR) is 88.4 cm³/mol. The molecule has 3 heterocycles. The zero-order valence-electron chi connectivity index (χ0n) is 13.6. The Morgan fingerprint density at radius 2 is 2.00 bits per heavy atom. The first-order valence-electron chi connectivity index (χ1n) is 7.56. The first-order valence-corrected chi connectivity index (χ1v) is 7.56. The van der Waals surface area contributed by atoms with Gasteiger partial charge in [0.15, 0.2) is 5.65 Å². The highest BCUT2D eigenvalue weighted by Gasteiger charge is 2.16. The molecule has 0 unspecified atom stereocenters. The minimum atomic E-state index is -0.431. The third-order valence-corrected chi connectivity index (χ3v) is 3.63. The number of amides is 2. The van der Waals surface area contributed by atoms with Crippen LogP contribution in [-0.2, 0) is 0 Å². The van der Waals surface area contributed by atoms with E-state index in [1.165, 1.54) is 0 Å². The van der Waals surface area contributed by atoms with Crippen molar-refractivity contribution in [2.24, 2.45) is 0 Å². The minimum absolute atomic E-state index is 0.175. The van der Waals surface area contributed by atoms with Crippen LogP contribution in [0.4, 0.5) is 0 Å². The van der Waals surface area contributed by atoms with Crippen molar-refractivity contribution in [3.8, 4) is 0 Å². The lowest BCUT2D eigenvalue weighted by Gasteiger charge is -2.10. The molecule has 0 bridgehead atoms. The number of hydrogen-bond donors (Lipinski definition) is 3. The van der Waals surface area contributed by atoms with Crippen molar-refractivity contribution in [1.82, 2.24) is 30.6 Å². The summed E-state index contributed by atoms with van der Waals surface area (Å²) in [6.45, 7) is 5.78. The molecule has 0 aliphatic carbocycles. The van der Waals surface area contributed by atoms with E-state index in [0.29, 0.717) is 17.0 Å². The quantitative estimate of drug-likeness (QED) is 0.637. The van der Waals surface area contributed by atoms with Gasteiger partial charge in [0.25, 0.3) is 11.8 Å². The average molecular weight is 326 g/mol. The predicted octanol–water partition coefficient (Wildman–Crippen LogP) is 1.72. The smallest absolute Gasteiger partial charge is 0.286 e. The van der Waals surface area contributed by atoms with Crippen LogP contribution in [0.1, 0.15) is 46.4 Å². The van der Waals surface area contributed by atoms with Crippen LogP contribution in [0, 0.1) is 6.92 Å². The number of rotatable bonds is 3. The lowest BCUT2D eigenvalue weighted by Crippen LogP contribution is -2.42. The maximum atomic E-state index is 12.3. The van der Waals surface area contributed by atoms with E-state index in [4.69, 9.17) is 0 Å². The molecule has 8 heteroatoms. The standard InChI is InChI=1S/C16H18N6O2/c1-9(2)22-14-11(8-18-22)7-12(10(3)19-14)15(23)20-21-16(24)13-5-4-6-17-13/h4-9,17H,1-3H3,(H,20,23)(H,21,24). The van der Waals surface area contributed by atoms with Gasteiger partial charge in [0, 0.05) is 17.6 Å². The Balaban J connectivity index is 1.80. The molecule has 0 aliphatic heterocycles. The molecular weight excluding hydrogens is 308 g/mol. The van der Waals surface area contributed by atoms with Gasteiger partial charge in [0.05, 0.1) is 17.5 Å². The number of hydrogen-bond acceptors (Lipinski definition) is 4. The zero-order valence-corrected chi connectivity index (χ0v) is 13.6. The Hall–Kier alpha value is -3.16.